The van der Waals surface area contributed by atoms with Crippen molar-refractivity contribution in [2.75, 3.05) is 0 Å². The highest BCUT2D eigenvalue weighted by molar-refractivity contribution is 6.37. The minimum absolute atomic E-state index is 0.409. The van der Waals surface area contributed by atoms with Crippen molar-refractivity contribution in [3.63, 3.8) is 0 Å². The summed E-state index contributed by atoms with van der Waals surface area (Å²) < 4.78 is 4.98. The molecule has 0 aliphatic rings. The highest BCUT2D eigenvalue weighted by Gasteiger charge is 2.11. The molecule has 0 radical (unpaired) electrons. The van der Waals surface area contributed by atoms with Gasteiger partial charge in [-0.3, -0.25) is 4.79 Å². The molecular weight excluding hydrogens is 190 g/mol. The van der Waals surface area contributed by atoms with Gasteiger partial charge in [-0.2, -0.15) is 0 Å². The monoisotopic (exact) mass is 195 g/mol. The van der Waals surface area contributed by atoms with E-state index in [0.717, 1.165) is 0 Å². The Morgan fingerprint density at radius 2 is 2.31 bits per heavy atom. The van der Waals surface area contributed by atoms with Gasteiger partial charge in [0.15, 0.2) is 11.9 Å². The van der Waals surface area contributed by atoms with Crippen molar-refractivity contribution in [2.24, 2.45) is 0 Å². The van der Waals surface area contributed by atoms with E-state index in [0.29, 0.717) is 33.5 Å². The summed E-state index contributed by atoms with van der Waals surface area (Å²) in [5.41, 5.74) is 1.76. The van der Waals surface area contributed by atoms with Crippen molar-refractivity contribution in [2.45, 2.75) is 6.92 Å². The van der Waals surface area contributed by atoms with Crippen LogP contribution in [0.2, 0.25) is 5.02 Å². The predicted octanol–water partition coefficient (Wildman–Crippen LogP) is 2.60. The molecule has 2 rings (SSSR count). The predicted molar refractivity (Wildman–Crippen MR) is 49.1 cm³/mol. The molecule has 0 unspecified atom stereocenters. The van der Waals surface area contributed by atoms with Crippen LogP contribution in [0, 0.1) is 6.92 Å². The van der Waals surface area contributed by atoms with E-state index in [1.54, 1.807) is 19.1 Å². The number of halogens is 1. The second kappa shape index (κ2) is 2.85. The number of hydrogen-bond acceptors (Lipinski definition) is 3. The fourth-order valence-electron chi connectivity index (χ4n) is 1.24. The molecule has 13 heavy (non-hydrogen) atoms. The summed E-state index contributed by atoms with van der Waals surface area (Å²) in [6, 6.07) is 3.30. The lowest BCUT2D eigenvalue weighted by Crippen LogP contribution is -1.82. The van der Waals surface area contributed by atoms with Gasteiger partial charge < -0.3 is 4.52 Å². The second-order valence-corrected chi connectivity index (χ2v) is 3.11. The molecule has 0 saturated carbocycles. The average molecular weight is 196 g/mol. The number of nitrogens with zero attached hydrogens (tertiary/aromatic N) is 1. The molecule has 4 heteroatoms. The van der Waals surface area contributed by atoms with E-state index < -0.39 is 0 Å². The zero-order valence-electron chi connectivity index (χ0n) is 6.87. The highest BCUT2D eigenvalue weighted by atomic mass is 35.5. The van der Waals surface area contributed by atoms with Gasteiger partial charge in [-0.05, 0) is 19.1 Å². The van der Waals surface area contributed by atoms with Crippen molar-refractivity contribution in [1.29, 1.82) is 0 Å². The van der Waals surface area contributed by atoms with Crippen LogP contribution in [-0.2, 0) is 0 Å². The molecule has 0 fully saturated rings. The molecule has 0 bridgehead atoms. The van der Waals surface area contributed by atoms with Gasteiger partial charge >= 0.3 is 0 Å². The Kier molecular flexibility index (Phi) is 1.81. The summed E-state index contributed by atoms with van der Waals surface area (Å²) in [5.74, 6) is 0. The SMILES string of the molecule is Cc1noc2ccc(C=O)c(Cl)c12. The average Bonchev–Trinajstić information content (AvgIpc) is 2.49. The highest BCUT2D eigenvalue weighted by Crippen LogP contribution is 2.28. The van der Waals surface area contributed by atoms with E-state index in [1.165, 1.54) is 0 Å². The first-order chi connectivity index (χ1) is 6.24. The Bertz CT molecular complexity index is 476. The number of benzene rings is 1. The Balaban J connectivity index is 2.91. The quantitative estimate of drug-likeness (QED) is 0.657. The lowest BCUT2D eigenvalue weighted by atomic mass is 10.1. The van der Waals surface area contributed by atoms with E-state index >= 15 is 0 Å². The number of hydrogen-bond donors (Lipinski definition) is 0. The van der Waals surface area contributed by atoms with Gasteiger partial charge in [0.1, 0.15) is 0 Å². The van der Waals surface area contributed by atoms with E-state index in [4.69, 9.17) is 16.1 Å². The van der Waals surface area contributed by atoms with Crippen molar-refractivity contribution >= 4 is 28.9 Å². The normalized spacial score (nSPS) is 10.6. The third-order valence-corrected chi connectivity index (χ3v) is 2.31. The Hall–Kier alpha value is -1.35. The van der Waals surface area contributed by atoms with E-state index in [-0.39, 0.29) is 0 Å². The van der Waals surface area contributed by atoms with Gasteiger partial charge in [0, 0.05) is 5.56 Å². The first kappa shape index (κ1) is 8.26. The number of aldehydes is 1. The third-order valence-electron chi connectivity index (χ3n) is 1.90. The van der Waals surface area contributed by atoms with Crippen LogP contribution in [0.1, 0.15) is 16.1 Å². The molecule has 3 nitrogen and oxygen atoms in total. The summed E-state index contributed by atoms with van der Waals surface area (Å²) >= 11 is 5.96. The molecule has 1 aromatic heterocycles. The molecule has 0 atom stereocenters. The maximum Gasteiger partial charge on any atom is 0.168 e. The van der Waals surface area contributed by atoms with Crippen molar-refractivity contribution in [1.82, 2.24) is 5.16 Å². The van der Waals surface area contributed by atoms with Crippen molar-refractivity contribution in [3.05, 3.63) is 28.4 Å². The molecule has 0 spiro atoms. The van der Waals surface area contributed by atoms with Crippen molar-refractivity contribution in [3.8, 4) is 0 Å². The number of carbonyl (C=O) groups excluding carboxylic acids is 1. The Morgan fingerprint density at radius 1 is 1.54 bits per heavy atom. The molecule has 1 aromatic carbocycles. The summed E-state index contributed by atoms with van der Waals surface area (Å²) in [7, 11) is 0. The van der Waals surface area contributed by atoms with Crippen LogP contribution in [0.25, 0.3) is 11.0 Å². The van der Waals surface area contributed by atoms with Gasteiger partial charge in [0.2, 0.25) is 0 Å². The standard InChI is InChI=1S/C9H6ClNO2/c1-5-8-7(13-11-5)3-2-6(4-12)9(8)10/h2-4H,1H3. The fourth-order valence-corrected chi connectivity index (χ4v) is 1.58. The maximum atomic E-state index is 10.6. The summed E-state index contributed by atoms with van der Waals surface area (Å²) in [6.07, 6.45) is 0.716. The van der Waals surface area contributed by atoms with Gasteiger partial charge in [0.25, 0.3) is 0 Å². The lowest BCUT2D eigenvalue weighted by molar-refractivity contribution is 0.112. The first-order valence-corrected chi connectivity index (χ1v) is 4.11. The van der Waals surface area contributed by atoms with Gasteiger partial charge in [-0.1, -0.05) is 16.8 Å². The second-order valence-electron chi connectivity index (χ2n) is 2.73. The van der Waals surface area contributed by atoms with E-state index in [9.17, 15) is 4.79 Å². The molecule has 0 aliphatic heterocycles. The van der Waals surface area contributed by atoms with Crippen LogP contribution in [0.4, 0.5) is 0 Å². The van der Waals surface area contributed by atoms with Gasteiger partial charge in [0.05, 0.1) is 16.1 Å². The van der Waals surface area contributed by atoms with Crippen LogP contribution in [-0.4, -0.2) is 11.4 Å². The molecule has 66 valence electrons. The summed E-state index contributed by atoms with van der Waals surface area (Å²) in [6.45, 7) is 1.78. The minimum Gasteiger partial charge on any atom is -0.356 e. The zero-order chi connectivity index (χ0) is 9.42. The Morgan fingerprint density at radius 3 is 3.00 bits per heavy atom. The van der Waals surface area contributed by atoms with Crippen LogP contribution >= 0.6 is 11.6 Å². The molecule has 0 amide bonds. The molecule has 2 aromatic rings. The Labute approximate surface area is 79.3 Å². The van der Waals surface area contributed by atoms with Crippen molar-refractivity contribution < 1.29 is 9.32 Å². The van der Waals surface area contributed by atoms with Gasteiger partial charge in [-0.15, -0.1) is 0 Å². The van der Waals surface area contributed by atoms with Gasteiger partial charge in [-0.25, -0.2) is 0 Å². The number of fused-ring (bicyclic) bond motifs is 1. The largest absolute Gasteiger partial charge is 0.356 e. The lowest BCUT2D eigenvalue weighted by Gasteiger charge is -1.95. The number of aromatic nitrogens is 1. The van der Waals surface area contributed by atoms with Crippen LogP contribution in [0.5, 0.6) is 0 Å². The van der Waals surface area contributed by atoms with E-state index in [1.807, 2.05) is 0 Å². The molecular formula is C9H6ClNO2. The number of rotatable bonds is 1. The maximum absolute atomic E-state index is 10.6. The van der Waals surface area contributed by atoms with Crippen LogP contribution in [0.15, 0.2) is 16.7 Å². The number of aryl methyl sites for hydroxylation is 1. The third kappa shape index (κ3) is 1.12. The minimum atomic E-state index is 0.409. The topological polar surface area (TPSA) is 43.1 Å². The zero-order valence-corrected chi connectivity index (χ0v) is 7.63. The van der Waals surface area contributed by atoms with Crippen LogP contribution in [0.3, 0.4) is 0 Å². The molecule has 1 heterocycles. The summed E-state index contributed by atoms with van der Waals surface area (Å²) in [4.78, 5) is 10.6. The molecule has 0 aliphatic carbocycles. The smallest absolute Gasteiger partial charge is 0.168 e. The molecule has 0 saturated heterocycles. The summed E-state index contributed by atoms with van der Waals surface area (Å²) in [5, 5.41) is 4.88. The first-order valence-electron chi connectivity index (χ1n) is 3.73. The molecule has 0 N–H and O–H groups in total. The van der Waals surface area contributed by atoms with Crippen LogP contribution < -0.4 is 0 Å². The fraction of sp³-hybridized carbons (Fsp3) is 0.111. The van der Waals surface area contributed by atoms with E-state index in [2.05, 4.69) is 5.16 Å². The number of carbonyl (C=O) groups is 1.